The molecule has 1 aromatic heterocycles. The van der Waals surface area contributed by atoms with Crippen molar-refractivity contribution in [3.05, 3.63) is 111 Å². The molecule has 0 aliphatic carbocycles. The lowest BCUT2D eigenvalue weighted by atomic mass is 9.98. The summed E-state index contributed by atoms with van der Waals surface area (Å²) in [6.45, 7) is 0.385. The first-order chi connectivity index (χ1) is 13.3. The van der Waals surface area contributed by atoms with Crippen LogP contribution in [0.2, 0.25) is 0 Å². The monoisotopic (exact) mass is 370 g/mol. The minimum absolute atomic E-state index is 0.0541. The van der Waals surface area contributed by atoms with E-state index in [9.17, 15) is 0 Å². The van der Waals surface area contributed by atoms with E-state index in [4.69, 9.17) is 5.53 Å². The first-order valence-electron chi connectivity index (χ1n) is 8.74. The van der Waals surface area contributed by atoms with Gasteiger partial charge < -0.3 is 5.32 Å². The normalized spacial score (nSPS) is 10.7. The Kier molecular flexibility index (Phi) is 5.06. The second kappa shape index (κ2) is 7.96. The van der Waals surface area contributed by atoms with Gasteiger partial charge in [0.15, 0.2) is 0 Å². The van der Waals surface area contributed by atoms with Crippen molar-refractivity contribution < 1.29 is 0 Å². The summed E-state index contributed by atoms with van der Waals surface area (Å²) in [4.78, 5) is 3.93. The van der Waals surface area contributed by atoms with Crippen LogP contribution in [0.4, 0.5) is 5.69 Å². The van der Waals surface area contributed by atoms with E-state index >= 15 is 0 Å². The smallest absolute Gasteiger partial charge is 0.0767 e. The van der Waals surface area contributed by atoms with Crippen molar-refractivity contribution in [1.82, 2.24) is 0 Å². The van der Waals surface area contributed by atoms with Crippen LogP contribution in [-0.4, -0.2) is 0 Å². The molecule has 4 rings (SSSR count). The third-order valence-electron chi connectivity index (χ3n) is 4.47. The SMILES string of the molecule is [N-]=[N+]=NCc1cc2c(NC(c3ccccc3)c3ccccc3)cccc2s1. The van der Waals surface area contributed by atoms with Crippen molar-refractivity contribution in [2.24, 2.45) is 5.11 Å². The molecule has 0 atom stereocenters. The molecule has 0 bridgehead atoms. The Morgan fingerprint density at radius 3 is 2.19 bits per heavy atom. The highest BCUT2D eigenvalue weighted by Crippen LogP contribution is 2.35. The number of rotatable bonds is 6. The van der Waals surface area contributed by atoms with Gasteiger partial charge in [-0.3, -0.25) is 0 Å². The molecule has 0 fully saturated rings. The fourth-order valence-corrected chi connectivity index (χ4v) is 4.23. The zero-order valence-electron chi connectivity index (χ0n) is 14.6. The van der Waals surface area contributed by atoms with Crippen LogP contribution in [-0.2, 0) is 6.54 Å². The van der Waals surface area contributed by atoms with Crippen LogP contribution in [0.1, 0.15) is 22.0 Å². The summed E-state index contributed by atoms with van der Waals surface area (Å²) in [5, 5.41) is 8.58. The van der Waals surface area contributed by atoms with Crippen LogP contribution in [0.5, 0.6) is 0 Å². The maximum Gasteiger partial charge on any atom is 0.0767 e. The molecule has 4 aromatic rings. The van der Waals surface area contributed by atoms with E-state index in [2.05, 4.69) is 88.1 Å². The Morgan fingerprint density at radius 1 is 0.889 bits per heavy atom. The summed E-state index contributed by atoms with van der Waals surface area (Å²) >= 11 is 1.67. The molecule has 0 amide bonds. The first kappa shape index (κ1) is 17.2. The van der Waals surface area contributed by atoms with E-state index in [0.29, 0.717) is 6.54 Å². The maximum atomic E-state index is 8.58. The van der Waals surface area contributed by atoms with Crippen LogP contribution < -0.4 is 5.32 Å². The molecule has 4 nitrogen and oxygen atoms in total. The van der Waals surface area contributed by atoms with Gasteiger partial charge in [-0.05, 0) is 34.9 Å². The highest BCUT2D eigenvalue weighted by molar-refractivity contribution is 7.19. The lowest BCUT2D eigenvalue weighted by molar-refractivity contribution is 0.942. The van der Waals surface area contributed by atoms with E-state index in [1.807, 2.05) is 12.1 Å². The molecule has 0 aliphatic heterocycles. The van der Waals surface area contributed by atoms with Crippen LogP contribution in [0, 0.1) is 0 Å². The summed E-state index contributed by atoms with van der Waals surface area (Å²) in [6, 6.07) is 29.3. The fourth-order valence-electron chi connectivity index (χ4n) is 3.22. The largest absolute Gasteiger partial charge is 0.374 e. The molecule has 27 heavy (non-hydrogen) atoms. The van der Waals surface area contributed by atoms with Crippen molar-refractivity contribution >= 4 is 27.1 Å². The van der Waals surface area contributed by atoms with E-state index < -0.39 is 0 Å². The van der Waals surface area contributed by atoms with Crippen LogP contribution in [0.25, 0.3) is 20.5 Å². The lowest BCUT2D eigenvalue weighted by Gasteiger charge is -2.21. The second-order valence-electron chi connectivity index (χ2n) is 6.22. The Balaban J connectivity index is 1.75. The number of fused-ring (bicyclic) bond motifs is 1. The number of azide groups is 1. The van der Waals surface area contributed by atoms with Gasteiger partial charge in [-0.25, -0.2) is 0 Å². The molecule has 1 heterocycles. The molecule has 0 spiro atoms. The van der Waals surface area contributed by atoms with E-state index in [1.165, 1.54) is 15.8 Å². The van der Waals surface area contributed by atoms with Crippen molar-refractivity contribution in [1.29, 1.82) is 0 Å². The molecule has 3 aromatic carbocycles. The van der Waals surface area contributed by atoms with Gasteiger partial charge in [-0.1, -0.05) is 71.8 Å². The van der Waals surface area contributed by atoms with Crippen LogP contribution >= 0.6 is 11.3 Å². The minimum Gasteiger partial charge on any atom is -0.374 e. The third kappa shape index (κ3) is 3.80. The number of hydrogen-bond donors (Lipinski definition) is 1. The molecule has 5 heteroatoms. The molecule has 0 radical (unpaired) electrons. The average Bonchev–Trinajstić information content (AvgIpc) is 3.15. The zero-order valence-corrected chi connectivity index (χ0v) is 15.4. The summed E-state index contributed by atoms with van der Waals surface area (Å²) in [7, 11) is 0. The number of thiophene rings is 1. The maximum absolute atomic E-state index is 8.58. The van der Waals surface area contributed by atoms with Crippen molar-refractivity contribution in [3.63, 3.8) is 0 Å². The highest BCUT2D eigenvalue weighted by Gasteiger charge is 2.15. The molecule has 0 saturated heterocycles. The standard InChI is InChI=1S/C22H18N4S/c23-26-24-15-18-14-19-20(12-7-13-21(19)27-18)25-22(16-8-3-1-4-9-16)17-10-5-2-6-11-17/h1-14,22,25H,15H2. The zero-order chi connectivity index (χ0) is 18.5. The van der Waals surface area contributed by atoms with E-state index in [1.54, 1.807) is 11.3 Å². The number of benzene rings is 3. The number of nitrogens with zero attached hydrogens (tertiary/aromatic N) is 3. The molecule has 0 saturated carbocycles. The van der Waals surface area contributed by atoms with Crippen LogP contribution in [0.3, 0.4) is 0 Å². The summed E-state index contributed by atoms with van der Waals surface area (Å²) in [5.41, 5.74) is 12.1. The number of nitrogens with one attached hydrogen (secondary N) is 1. The summed E-state index contributed by atoms with van der Waals surface area (Å²) in [6.07, 6.45) is 0. The second-order valence-corrected chi connectivity index (χ2v) is 7.39. The topological polar surface area (TPSA) is 60.8 Å². The predicted octanol–water partition coefficient (Wildman–Crippen LogP) is 6.91. The highest BCUT2D eigenvalue weighted by atomic mass is 32.1. The Labute approximate surface area is 161 Å². The van der Waals surface area contributed by atoms with Gasteiger partial charge in [0.2, 0.25) is 0 Å². The van der Waals surface area contributed by atoms with Gasteiger partial charge >= 0.3 is 0 Å². The molecule has 132 valence electrons. The quantitative estimate of drug-likeness (QED) is 0.224. The number of anilines is 1. The van der Waals surface area contributed by atoms with E-state index in [0.717, 1.165) is 16.0 Å². The fraction of sp³-hybridized carbons (Fsp3) is 0.0909. The summed E-state index contributed by atoms with van der Waals surface area (Å²) in [5.74, 6) is 0. The van der Waals surface area contributed by atoms with Crippen LogP contribution in [0.15, 0.2) is 90.0 Å². The van der Waals surface area contributed by atoms with Gasteiger partial charge in [-0.15, -0.1) is 11.3 Å². The first-order valence-corrected chi connectivity index (χ1v) is 9.55. The molecular weight excluding hydrogens is 352 g/mol. The lowest BCUT2D eigenvalue weighted by Crippen LogP contribution is -2.12. The molecule has 0 unspecified atom stereocenters. The Morgan fingerprint density at radius 2 is 1.56 bits per heavy atom. The Hall–Kier alpha value is -3.27. The molecule has 1 N–H and O–H groups in total. The third-order valence-corrected chi connectivity index (χ3v) is 5.55. The van der Waals surface area contributed by atoms with Gasteiger partial charge in [0.1, 0.15) is 0 Å². The van der Waals surface area contributed by atoms with Gasteiger partial charge in [0, 0.05) is 25.6 Å². The average molecular weight is 370 g/mol. The molecular formula is C22H18N4S. The predicted molar refractivity (Wildman–Crippen MR) is 113 cm³/mol. The minimum atomic E-state index is 0.0541. The van der Waals surface area contributed by atoms with Gasteiger partial charge in [0.05, 0.1) is 12.6 Å². The summed E-state index contributed by atoms with van der Waals surface area (Å²) < 4.78 is 1.18. The van der Waals surface area contributed by atoms with Gasteiger partial charge in [-0.2, -0.15) is 0 Å². The number of hydrogen-bond acceptors (Lipinski definition) is 3. The van der Waals surface area contributed by atoms with Crippen molar-refractivity contribution in [2.75, 3.05) is 5.32 Å². The van der Waals surface area contributed by atoms with Crippen molar-refractivity contribution in [2.45, 2.75) is 12.6 Å². The van der Waals surface area contributed by atoms with E-state index in [-0.39, 0.29) is 6.04 Å². The van der Waals surface area contributed by atoms with Gasteiger partial charge in [0.25, 0.3) is 0 Å². The van der Waals surface area contributed by atoms with Crippen molar-refractivity contribution in [3.8, 4) is 0 Å². The molecule has 0 aliphatic rings. The Bertz CT molecular complexity index is 1040.